The monoisotopic (exact) mass is 600 g/mol. The van der Waals surface area contributed by atoms with E-state index in [1.807, 2.05) is 65.3 Å². The van der Waals surface area contributed by atoms with Gasteiger partial charge in [-0.1, -0.05) is 64.3 Å². The highest BCUT2D eigenvalue weighted by Crippen LogP contribution is 2.35. The largest absolute Gasteiger partial charge is 0.478 e. The highest BCUT2D eigenvalue weighted by atomic mass is 16.5. The van der Waals surface area contributed by atoms with E-state index in [2.05, 4.69) is 26.0 Å². The van der Waals surface area contributed by atoms with Gasteiger partial charge in [0.15, 0.2) is 24.2 Å². The number of carbonyl (C=O) groups is 1. The fraction of sp³-hybridized carbons (Fsp3) is 0.289. The van der Waals surface area contributed by atoms with E-state index in [0.29, 0.717) is 45.2 Å². The number of rotatable bonds is 7. The first-order valence-corrected chi connectivity index (χ1v) is 15.5. The van der Waals surface area contributed by atoms with Gasteiger partial charge in [0.2, 0.25) is 0 Å². The van der Waals surface area contributed by atoms with Crippen LogP contribution in [0.5, 0.6) is 0 Å². The maximum atomic E-state index is 13.5. The Labute approximate surface area is 265 Å². The Balaban J connectivity index is 0.00000226. The first-order chi connectivity index (χ1) is 21.7. The molecule has 0 fully saturated rings. The number of carboxylic acid groups (broad SMARTS) is 1. The molecule has 4 aromatic rings. The fourth-order valence-electron chi connectivity index (χ4n) is 5.65. The summed E-state index contributed by atoms with van der Waals surface area (Å²) in [4.78, 5) is 25.4. The number of ether oxygens (including phenoxy) is 1. The lowest BCUT2D eigenvalue weighted by Gasteiger charge is -2.24. The fourth-order valence-corrected chi connectivity index (χ4v) is 5.65. The van der Waals surface area contributed by atoms with Gasteiger partial charge in [-0.25, -0.2) is 4.79 Å². The summed E-state index contributed by atoms with van der Waals surface area (Å²) in [5.41, 5.74) is 4.14. The highest BCUT2D eigenvalue weighted by Gasteiger charge is 2.24. The van der Waals surface area contributed by atoms with Crippen molar-refractivity contribution in [1.82, 2.24) is 0 Å². The van der Waals surface area contributed by atoms with Gasteiger partial charge in [-0.05, 0) is 97.1 Å². The Bertz CT molecular complexity index is 1850. The van der Waals surface area contributed by atoms with Crippen LogP contribution in [0.1, 0.15) is 91.6 Å². The second-order valence-electron chi connectivity index (χ2n) is 11.2. The van der Waals surface area contributed by atoms with Crippen LogP contribution in [0.25, 0.3) is 22.5 Å². The predicted octanol–water partition coefficient (Wildman–Crippen LogP) is 8.25. The van der Waals surface area contributed by atoms with Crippen LogP contribution < -0.4 is 10.9 Å². The van der Waals surface area contributed by atoms with E-state index in [1.165, 1.54) is 6.07 Å². The molecule has 0 saturated heterocycles. The average Bonchev–Trinajstić information content (AvgIpc) is 3.04. The smallest absolute Gasteiger partial charge is 0.335 e. The molecule has 0 bridgehead atoms. The van der Waals surface area contributed by atoms with Crippen molar-refractivity contribution in [2.75, 3.05) is 0 Å². The molecule has 45 heavy (non-hydrogen) atoms. The van der Waals surface area contributed by atoms with Crippen molar-refractivity contribution >= 4 is 41.2 Å². The second-order valence-corrected chi connectivity index (χ2v) is 11.2. The molecule has 2 heterocycles. The van der Waals surface area contributed by atoms with Crippen molar-refractivity contribution in [2.24, 2.45) is 11.8 Å². The van der Waals surface area contributed by atoms with Gasteiger partial charge >= 0.3 is 5.97 Å². The number of aromatic carboxylic acids is 1. The first kappa shape index (κ1) is 33.1. The summed E-state index contributed by atoms with van der Waals surface area (Å²) in [6.45, 7) is 12.2. The Morgan fingerprint density at radius 2 is 1.80 bits per heavy atom. The molecule has 5 rings (SSSR count). The van der Waals surface area contributed by atoms with Crippen LogP contribution >= 0.6 is 0 Å². The lowest BCUT2D eigenvalue weighted by molar-refractivity contribution is 0.0698. The van der Waals surface area contributed by atoms with Crippen LogP contribution in [0.15, 0.2) is 88.1 Å². The van der Waals surface area contributed by atoms with Gasteiger partial charge in [-0.2, -0.15) is 5.26 Å². The normalized spacial score (nSPS) is 19.1. The molecular weight excluding hydrogens is 561 g/mol. The van der Waals surface area contributed by atoms with Gasteiger partial charge in [0.25, 0.3) is 0 Å². The lowest BCUT2D eigenvalue weighted by Crippen LogP contribution is -2.26. The number of hydrogen-bond donors (Lipinski definition) is 1. The third-order valence-electron chi connectivity index (χ3n) is 8.12. The number of benzene rings is 3. The summed E-state index contributed by atoms with van der Waals surface area (Å²) in [7, 11) is 1.88. The number of nitrogens with zero attached hydrogens (tertiary/aromatic N) is 1. The Morgan fingerprint density at radius 3 is 2.47 bits per heavy atom. The average molecular weight is 601 g/mol. The van der Waals surface area contributed by atoms with Gasteiger partial charge in [0, 0.05) is 11.6 Å². The number of allylic oxidation sites excluding steroid dienone is 2. The zero-order valence-corrected chi connectivity index (χ0v) is 26.8. The number of fused-ring (bicyclic) bond motifs is 1. The predicted molar refractivity (Wildman–Crippen MR) is 182 cm³/mol. The van der Waals surface area contributed by atoms with E-state index in [9.17, 15) is 20.0 Å². The van der Waals surface area contributed by atoms with E-state index in [1.54, 1.807) is 36.4 Å². The highest BCUT2D eigenvalue weighted by molar-refractivity contribution is 6.57. The molecule has 0 aliphatic carbocycles. The third-order valence-corrected chi connectivity index (χ3v) is 8.12. The summed E-state index contributed by atoms with van der Waals surface area (Å²) in [6, 6.07) is 21.5. The maximum Gasteiger partial charge on any atom is 0.335 e. The van der Waals surface area contributed by atoms with Crippen LogP contribution in [0.4, 0.5) is 0 Å². The van der Waals surface area contributed by atoms with Crippen molar-refractivity contribution in [1.29, 1.82) is 5.26 Å². The molecule has 2 unspecified atom stereocenters. The molecule has 229 valence electrons. The molecule has 1 radical (unpaired) electrons. The Morgan fingerprint density at radius 1 is 1.09 bits per heavy atom. The van der Waals surface area contributed by atoms with E-state index in [4.69, 9.17) is 9.15 Å². The minimum atomic E-state index is -0.999. The molecule has 3 aromatic carbocycles. The second kappa shape index (κ2) is 14.8. The molecule has 7 heteroatoms. The van der Waals surface area contributed by atoms with Gasteiger partial charge in [0.1, 0.15) is 11.3 Å². The van der Waals surface area contributed by atoms with Crippen molar-refractivity contribution in [3.8, 4) is 6.07 Å². The molecule has 3 atom stereocenters. The van der Waals surface area contributed by atoms with Crippen LogP contribution in [0, 0.1) is 30.1 Å². The van der Waals surface area contributed by atoms with Gasteiger partial charge in [-0.3, -0.25) is 4.79 Å². The molecular formula is C38H39BNO5. The number of nitriles is 1. The van der Waals surface area contributed by atoms with E-state index < -0.39 is 5.97 Å². The summed E-state index contributed by atoms with van der Waals surface area (Å²) >= 11 is 0. The topological polar surface area (TPSA) is 101 Å². The minimum absolute atomic E-state index is 0.186. The quantitative estimate of drug-likeness (QED) is 0.215. The molecule has 1 aliphatic rings. The van der Waals surface area contributed by atoms with Crippen LogP contribution in [-0.4, -0.2) is 18.4 Å². The molecule has 0 amide bonds. The first-order valence-electron chi connectivity index (χ1n) is 15.5. The van der Waals surface area contributed by atoms with Crippen molar-refractivity contribution in [3.05, 3.63) is 123 Å². The van der Waals surface area contributed by atoms with Crippen molar-refractivity contribution in [2.45, 2.75) is 60.2 Å². The summed E-state index contributed by atoms with van der Waals surface area (Å²) < 4.78 is 13.0. The van der Waals surface area contributed by atoms with Gasteiger partial charge in [-0.15, -0.1) is 0 Å². The van der Waals surface area contributed by atoms with E-state index in [-0.39, 0.29) is 22.7 Å². The molecule has 0 saturated carbocycles. The maximum absolute atomic E-state index is 13.5. The van der Waals surface area contributed by atoms with Crippen LogP contribution in [-0.2, 0) is 4.74 Å². The minimum Gasteiger partial charge on any atom is -0.478 e. The van der Waals surface area contributed by atoms with Crippen LogP contribution in [0.3, 0.4) is 0 Å². The SMILES string of the molecule is CC.CCC1/C=C(/c2ccc(C#N)cc2)O/C(c2cc(=O)c3cc(C)cc(C(C)[B]c4ccccc4C(=O)O)c3o2)=C/C[C@H]1C. The van der Waals surface area contributed by atoms with Crippen LogP contribution in [0.2, 0.25) is 0 Å². The van der Waals surface area contributed by atoms with Crippen molar-refractivity contribution in [3.63, 3.8) is 0 Å². The summed E-state index contributed by atoms with van der Waals surface area (Å²) in [5, 5.41) is 19.4. The van der Waals surface area contributed by atoms with E-state index in [0.717, 1.165) is 29.5 Å². The standard InChI is InChI=1S/C36H33BNO5.C2H6/c1-5-25-18-33(26-13-11-24(20-38)12-14-26)42-32(15-10-22(25)3)34-19-31(39)29-17-21(2)16-28(35(29)43-34)23(4)37-30-9-7-6-8-27(30)36(40)41;1-2/h6-9,11-19,22-23,25H,5,10H2,1-4H3,(H,40,41);1-2H3/b32-15+,33-18-;/t22-,23?,25?;/m1./s1. The van der Waals surface area contributed by atoms with Crippen molar-refractivity contribution < 1.29 is 19.1 Å². The zero-order valence-electron chi connectivity index (χ0n) is 26.8. The number of aryl methyl sites for hydroxylation is 1. The number of carboxylic acids is 1. The number of hydrogen-bond acceptors (Lipinski definition) is 5. The van der Waals surface area contributed by atoms with E-state index >= 15 is 0 Å². The lowest BCUT2D eigenvalue weighted by atomic mass is 9.56. The van der Waals surface area contributed by atoms with Gasteiger partial charge < -0.3 is 14.3 Å². The molecule has 0 spiro atoms. The summed E-state index contributed by atoms with van der Waals surface area (Å²) in [5.74, 6) is 0.776. The Kier molecular flexibility index (Phi) is 10.9. The molecule has 1 aromatic heterocycles. The zero-order chi connectivity index (χ0) is 32.7. The molecule has 1 aliphatic heterocycles. The summed E-state index contributed by atoms with van der Waals surface area (Å²) in [6.07, 6.45) is 5.80. The Hall–Kier alpha value is -4.83. The van der Waals surface area contributed by atoms with Gasteiger partial charge in [0.05, 0.1) is 22.6 Å². The molecule has 6 nitrogen and oxygen atoms in total. The molecule has 1 N–H and O–H groups in total. The third kappa shape index (κ3) is 7.46.